The van der Waals surface area contributed by atoms with Crippen molar-refractivity contribution >= 4 is 0 Å². The fraction of sp³-hybridized carbons (Fsp3) is 0.800. The van der Waals surface area contributed by atoms with Gasteiger partial charge < -0.3 is 9.47 Å². The molecule has 0 bridgehead atoms. The van der Waals surface area contributed by atoms with Gasteiger partial charge in [0.1, 0.15) is 0 Å². The number of rotatable bonds is 16. The molecular weight excluding hydrogens is 272 g/mol. The second-order valence-corrected chi connectivity index (χ2v) is 5.86. The Kier molecular flexibility index (Phi) is 17.9. The first-order chi connectivity index (χ1) is 10.8. The Morgan fingerprint density at radius 2 is 1.32 bits per heavy atom. The summed E-state index contributed by atoms with van der Waals surface area (Å²) in [4.78, 5) is 0. The Bertz CT molecular complexity index is 258. The molecule has 2 nitrogen and oxygen atoms in total. The average molecular weight is 311 g/mol. The van der Waals surface area contributed by atoms with E-state index in [2.05, 4.69) is 45.1 Å². The smallest absolute Gasteiger partial charge is 0.0812 e. The van der Waals surface area contributed by atoms with Gasteiger partial charge >= 0.3 is 0 Å². The summed E-state index contributed by atoms with van der Waals surface area (Å²) in [6, 6.07) is 0. The predicted octanol–water partition coefficient (Wildman–Crippen LogP) is 6.07. The van der Waals surface area contributed by atoms with Crippen molar-refractivity contribution in [2.24, 2.45) is 0 Å². The average Bonchev–Trinajstić information content (AvgIpc) is 2.54. The SMILES string of the molecule is CCCC/C=C/COCC(CCCC)OC/C=C/CCCC. The fourth-order valence-electron chi connectivity index (χ4n) is 2.12. The molecule has 2 heteroatoms. The molecule has 0 aromatic carbocycles. The van der Waals surface area contributed by atoms with Crippen LogP contribution in [0.2, 0.25) is 0 Å². The van der Waals surface area contributed by atoms with Gasteiger partial charge in [-0.25, -0.2) is 0 Å². The predicted molar refractivity (Wildman–Crippen MR) is 97.4 cm³/mol. The molecule has 0 aliphatic rings. The summed E-state index contributed by atoms with van der Waals surface area (Å²) in [5.41, 5.74) is 0. The third kappa shape index (κ3) is 15.8. The van der Waals surface area contributed by atoms with Crippen molar-refractivity contribution < 1.29 is 9.47 Å². The van der Waals surface area contributed by atoms with Crippen LogP contribution in [0.3, 0.4) is 0 Å². The molecule has 0 saturated carbocycles. The maximum absolute atomic E-state index is 5.93. The van der Waals surface area contributed by atoms with Crippen LogP contribution in [0.5, 0.6) is 0 Å². The molecule has 22 heavy (non-hydrogen) atoms. The van der Waals surface area contributed by atoms with Gasteiger partial charge in [-0.15, -0.1) is 0 Å². The maximum Gasteiger partial charge on any atom is 0.0812 e. The molecule has 0 aliphatic heterocycles. The van der Waals surface area contributed by atoms with Gasteiger partial charge in [0, 0.05) is 0 Å². The van der Waals surface area contributed by atoms with Crippen LogP contribution in [0.15, 0.2) is 24.3 Å². The van der Waals surface area contributed by atoms with Crippen LogP contribution in [0.25, 0.3) is 0 Å². The molecule has 0 saturated heterocycles. The summed E-state index contributed by atoms with van der Waals surface area (Å²) in [6.45, 7) is 8.80. The number of ether oxygens (including phenoxy) is 2. The Morgan fingerprint density at radius 1 is 0.727 bits per heavy atom. The van der Waals surface area contributed by atoms with E-state index in [1.54, 1.807) is 0 Å². The van der Waals surface area contributed by atoms with Gasteiger partial charge in [0.15, 0.2) is 0 Å². The van der Waals surface area contributed by atoms with Crippen LogP contribution in [-0.4, -0.2) is 25.9 Å². The molecule has 1 atom stereocenters. The highest BCUT2D eigenvalue weighted by Crippen LogP contribution is 2.06. The molecule has 0 heterocycles. The molecule has 0 aliphatic carbocycles. The summed E-state index contributed by atoms with van der Waals surface area (Å²) in [5.74, 6) is 0. The van der Waals surface area contributed by atoms with E-state index < -0.39 is 0 Å². The minimum absolute atomic E-state index is 0.236. The molecule has 0 N–H and O–H groups in total. The van der Waals surface area contributed by atoms with E-state index in [9.17, 15) is 0 Å². The van der Waals surface area contributed by atoms with Crippen LogP contribution in [0, 0.1) is 0 Å². The van der Waals surface area contributed by atoms with E-state index in [1.807, 2.05) is 0 Å². The third-order valence-corrected chi connectivity index (χ3v) is 3.61. The van der Waals surface area contributed by atoms with Crippen LogP contribution in [0.1, 0.15) is 78.6 Å². The van der Waals surface area contributed by atoms with Gasteiger partial charge in [0.05, 0.1) is 25.9 Å². The maximum atomic E-state index is 5.93. The standard InChI is InChI=1S/C20H38O2/c1-4-7-10-12-14-17-21-19-20(16-9-6-3)22-18-15-13-11-8-5-2/h12-15,20H,4-11,16-19H2,1-3H3/b14-12+,15-13+. The van der Waals surface area contributed by atoms with E-state index in [-0.39, 0.29) is 6.10 Å². The summed E-state index contributed by atoms with van der Waals surface area (Å²) >= 11 is 0. The molecule has 0 fully saturated rings. The topological polar surface area (TPSA) is 18.5 Å². The van der Waals surface area contributed by atoms with Crippen molar-refractivity contribution in [3.8, 4) is 0 Å². The van der Waals surface area contributed by atoms with Crippen molar-refractivity contribution in [1.29, 1.82) is 0 Å². The number of unbranched alkanes of at least 4 members (excludes halogenated alkanes) is 5. The lowest BCUT2D eigenvalue weighted by molar-refractivity contribution is -0.00342. The van der Waals surface area contributed by atoms with Crippen molar-refractivity contribution in [2.45, 2.75) is 84.7 Å². The lowest BCUT2D eigenvalue weighted by Crippen LogP contribution is -2.20. The number of hydrogen-bond donors (Lipinski definition) is 0. The minimum atomic E-state index is 0.236. The Morgan fingerprint density at radius 3 is 1.91 bits per heavy atom. The van der Waals surface area contributed by atoms with Gasteiger partial charge in [-0.1, -0.05) is 83.6 Å². The molecular formula is C20H38O2. The normalized spacial score (nSPS) is 13.4. The van der Waals surface area contributed by atoms with Crippen LogP contribution < -0.4 is 0 Å². The van der Waals surface area contributed by atoms with Gasteiger partial charge in [0.25, 0.3) is 0 Å². The molecule has 1 unspecified atom stereocenters. The van der Waals surface area contributed by atoms with Crippen molar-refractivity contribution in [3.05, 3.63) is 24.3 Å². The highest BCUT2D eigenvalue weighted by atomic mass is 16.5. The zero-order valence-electron chi connectivity index (χ0n) is 15.2. The highest BCUT2D eigenvalue weighted by molar-refractivity contribution is 4.82. The summed E-state index contributed by atoms with van der Waals surface area (Å²) < 4.78 is 11.7. The number of hydrogen-bond acceptors (Lipinski definition) is 2. The molecule has 0 radical (unpaired) electrons. The summed E-state index contributed by atoms with van der Waals surface area (Å²) in [7, 11) is 0. The molecule has 0 aromatic rings. The van der Waals surface area contributed by atoms with Crippen LogP contribution >= 0.6 is 0 Å². The van der Waals surface area contributed by atoms with E-state index in [1.165, 1.54) is 44.9 Å². The molecule has 0 rings (SSSR count). The van der Waals surface area contributed by atoms with E-state index in [0.717, 1.165) is 12.8 Å². The zero-order valence-corrected chi connectivity index (χ0v) is 15.2. The van der Waals surface area contributed by atoms with Crippen molar-refractivity contribution in [3.63, 3.8) is 0 Å². The van der Waals surface area contributed by atoms with E-state index in [4.69, 9.17) is 9.47 Å². The summed E-state index contributed by atoms with van der Waals surface area (Å²) in [5, 5.41) is 0. The van der Waals surface area contributed by atoms with Crippen LogP contribution in [0.4, 0.5) is 0 Å². The Balaban J connectivity index is 3.77. The molecule has 0 spiro atoms. The highest BCUT2D eigenvalue weighted by Gasteiger charge is 2.07. The largest absolute Gasteiger partial charge is 0.375 e. The molecule has 0 amide bonds. The zero-order chi connectivity index (χ0) is 16.3. The van der Waals surface area contributed by atoms with E-state index in [0.29, 0.717) is 19.8 Å². The quantitative estimate of drug-likeness (QED) is 0.254. The monoisotopic (exact) mass is 310 g/mol. The van der Waals surface area contributed by atoms with Gasteiger partial charge in [-0.3, -0.25) is 0 Å². The second kappa shape index (κ2) is 18.4. The van der Waals surface area contributed by atoms with Crippen molar-refractivity contribution in [1.82, 2.24) is 0 Å². The fourth-order valence-corrected chi connectivity index (χ4v) is 2.12. The first-order valence-electron chi connectivity index (χ1n) is 9.34. The van der Waals surface area contributed by atoms with Gasteiger partial charge in [-0.2, -0.15) is 0 Å². The van der Waals surface area contributed by atoms with Crippen LogP contribution in [-0.2, 0) is 9.47 Å². The Hall–Kier alpha value is -0.600. The first kappa shape index (κ1) is 21.4. The molecule has 130 valence electrons. The lowest BCUT2D eigenvalue weighted by atomic mass is 10.2. The second-order valence-electron chi connectivity index (χ2n) is 5.86. The first-order valence-corrected chi connectivity index (χ1v) is 9.34. The summed E-state index contributed by atoms with van der Waals surface area (Å²) in [6.07, 6.45) is 19.9. The number of allylic oxidation sites excluding steroid dienone is 2. The third-order valence-electron chi connectivity index (χ3n) is 3.61. The minimum Gasteiger partial charge on any atom is -0.375 e. The van der Waals surface area contributed by atoms with Gasteiger partial charge in [-0.05, 0) is 19.3 Å². The van der Waals surface area contributed by atoms with Gasteiger partial charge in [0.2, 0.25) is 0 Å². The van der Waals surface area contributed by atoms with Crippen molar-refractivity contribution in [2.75, 3.05) is 19.8 Å². The molecule has 0 aromatic heterocycles. The van der Waals surface area contributed by atoms with E-state index >= 15 is 0 Å². The Labute approximate surface area is 139 Å². The lowest BCUT2D eigenvalue weighted by Gasteiger charge is -2.16.